The molecule has 0 amide bonds. The number of nitrogens with one attached hydrogen (secondary N) is 1. The van der Waals surface area contributed by atoms with Gasteiger partial charge in [-0.15, -0.1) is 0 Å². The first-order valence-electron chi connectivity index (χ1n) is 5.29. The Labute approximate surface area is 93.5 Å². The zero-order chi connectivity index (χ0) is 11.0. The molecule has 2 nitrogen and oxygen atoms in total. The molecule has 1 aromatic carbocycles. The molecule has 1 aromatic rings. The number of fused-ring (bicyclic) bond motifs is 1. The number of hydrogen-bond acceptors (Lipinski definition) is 2. The van der Waals surface area contributed by atoms with Crippen LogP contribution < -0.4 is 5.32 Å². The van der Waals surface area contributed by atoms with Crippen molar-refractivity contribution in [2.24, 2.45) is 5.92 Å². The summed E-state index contributed by atoms with van der Waals surface area (Å²) in [6.07, 6.45) is 0. The van der Waals surface area contributed by atoms with Gasteiger partial charge in [0, 0.05) is 16.7 Å². The fourth-order valence-corrected chi connectivity index (χ4v) is 3.81. The van der Waals surface area contributed by atoms with Crippen LogP contribution in [0, 0.1) is 12.8 Å². The maximum absolute atomic E-state index is 12.0. The monoisotopic (exact) mass is 223 g/mol. The molecule has 0 aromatic heterocycles. The van der Waals surface area contributed by atoms with Crippen LogP contribution in [0.15, 0.2) is 23.1 Å². The Morgan fingerprint density at radius 3 is 2.87 bits per heavy atom. The molecule has 1 aliphatic rings. The normalized spacial score (nSPS) is 29.9. The van der Waals surface area contributed by atoms with Gasteiger partial charge in [-0.3, -0.25) is 4.21 Å². The van der Waals surface area contributed by atoms with E-state index in [4.69, 9.17) is 0 Å². The highest BCUT2D eigenvalue weighted by atomic mass is 32.2. The van der Waals surface area contributed by atoms with Gasteiger partial charge in [0.15, 0.2) is 0 Å². The number of hydrogen-bond donors (Lipinski definition) is 1. The predicted molar refractivity (Wildman–Crippen MR) is 63.4 cm³/mol. The first-order chi connectivity index (χ1) is 7.13. The van der Waals surface area contributed by atoms with Gasteiger partial charge in [0.2, 0.25) is 0 Å². The van der Waals surface area contributed by atoms with Gasteiger partial charge in [0.05, 0.1) is 10.8 Å². The third kappa shape index (κ3) is 1.86. The van der Waals surface area contributed by atoms with Crippen molar-refractivity contribution in [3.05, 3.63) is 29.3 Å². The third-order valence-corrected chi connectivity index (χ3v) is 4.73. The van der Waals surface area contributed by atoms with Crippen LogP contribution in [-0.4, -0.2) is 17.0 Å². The van der Waals surface area contributed by atoms with Crippen LogP contribution in [0.3, 0.4) is 0 Å². The summed E-state index contributed by atoms with van der Waals surface area (Å²) in [5.41, 5.74) is 2.45. The van der Waals surface area contributed by atoms with E-state index < -0.39 is 10.8 Å². The minimum Gasteiger partial charge on any atom is -0.313 e. The maximum atomic E-state index is 12.0. The lowest BCUT2D eigenvalue weighted by atomic mass is 9.94. The van der Waals surface area contributed by atoms with E-state index in [9.17, 15) is 4.21 Å². The minimum absolute atomic E-state index is 0.345. The second-order valence-electron chi connectivity index (χ2n) is 4.30. The van der Waals surface area contributed by atoms with Crippen molar-refractivity contribution in [2.45, 2.75) is 24.8 Å². The molecule has 3 unspecified atom stereocenters. The highest BCUT2D eigenvalue weighted by molar-refractivity contribution is 7.85. The van der Waals surface area contributed by atoms with E-state index in [2.05, 4.69) is 25.2 Å². The lowest BCUT2D eigenvalue weighted by Crippen LogP contribution is -2.32. The molecular formula is C12H17NOS. The van der Waals surface area contributed by atoms with E-state index in [1.165, 1.54) is 11.1 Å². The van der Waals surface area contributed by atoms with E-state index in [1.54, 1.807) is 0 Å². The summed E-state index contributed by atoms with van der Waals surface area (Å²) in [7, 11) is 1.16. The molecule has 0 saturated heterocycles. The van der Waals surface area contributed by atoms with Crippen molar-refractivity contribution < 1.29 is 4.21 Å². The molecule has 1 N–H and O–H groups in total. The largest absolute Gasteiger partial charge is 0.313 e. The summed E-state index contributed by atoms with van der Waals surface area (Å²) < 4.78 is 12.0. The number of aryl methyl sites for hydroxylation is 1. The molecular weight excluding hydrogens is 206 g/mol. The van der Waals surface area contributed by atoms with E-state index in [1.807, 2.05) is 19.2 Å². The summed E-state index contributed by atoms with van der Waals surface area (Å²) in [5, 5.41) is 3.32. The topological polar surface area (TPSA) is 29.1 Å². The molecule has 0 radical (unpaired) electrons. The van der Waals surface area contributed by atoms with Crippen molar-refractivity contribution in [3.63, 3.8) is 0 Å². The standard InChI is InChI=1S/C12H17NOS/c1-8-4-5-11-10(6-8)12(13-3)9(2)7-15(11)14/h4-6,9,12-13H,7H2,1-3H3. The van der Waals surface area contributed by atoms with Gasteiger partial charge in [-0.05, 0) is 31.5 Å². The fraction of sp³-hybridized carbons (Fsp3) is 0.500. The van der Waals surface area contributed by atoms with Crippen LogP contribution in [-0.2, 0) is 10.8 Å². The van der Waals surface area contributed by atoms with Crippen molar-refractivity contribution in [3.8, 4) is 0 Å². The average Bonchev–Trinajstić information content (AvgIpc) is 2.17. The minimum atomic E-state index is -0.816. The van der Waals surface area contributed by atoms with E-state index >= 15 is 0 Å². The van der Waals surface area contributed by atoms with Gasteiger partial charge >= 0.3 is 0 Å². The van der Waals surface area contributed by atoms with Gasteiger partial charge in [-0.25, -0.2) is 0 Å². The SMILES string of the molecule is CNC1c2cc(C)ccc2S(=O)CC1C. The Kier molecular flexibility index (Phi) is 2.94. The smallest absolute Gasteiger partial charge is 0.0536 e. The first kappa shape index (κ1) is 10.8. The molecule has 3 atom stereocenters. The van der Waals surface area contributed by atoms with E-state index in [-0.39, 0.29) is 0 Å². The van der Waals surface area contributed by atoms with E-state index in [0.717, 1.165) is 10.6 Å². The Bertz CT molecular complexity index is 403. The second kappa shape index (κ2) is 4.06. The molecule has 0 fully saturated rings. The quantitative estimate of drug-likeness (QED) is 0.789. The van der Waals surface area contributed by atoms with Crippen LogP contribution in [0.1, 0.15) is 24.1 Å². The fourth-order valence-electron chi connectivity index (χ4n) is 2.29. The maximum Gasteiger partial charge on any atom is 0.0536 e. The van der Waals surface area contributed by atoms with Crippen LogP contribution >= 0.6 is 0 Å². The van der Waals surface area contributed by atoms with Gasteiger partial charge in [-0.1, -0.05) is 24.6 Å². The average molecular weight is 223 g/mol. The molecule has 2 rings (SSSR count). The molecule has 0 aliphatic carbocycles. The second-order valence-corrected chi connectivity index (χ2v) is 5.76. The zero-order valence-corrected chi connectivity index (χ0v) is 10.2. The summed E-state index contributed by atoms with van der Waals surface area (Å²) in [5.74, 6) is 1.20. The molecule has 3 heteroatoms. The van der Waals surface area contributed by atoms with Crippen LogP contribution in [0.2, 0.25) is 0 Å². The van der Waals surface area contributed by atoms with Crippen LogP contribution in [0.4, 0.5) is 0 Å². The third-order valence-electron chi connectivity index (χ3n) is 3.04. The summed E-state index contributed by atoms with van der Waals surface area (Å²) in [6.45, 7) is 4.24. The predicted octanol–water partition coefficient (Wildman–Crippen LogP) is 2.01. The van der Waals surface area contributed by atoms with Gasteiger partial charge in [-0.2, -0.15) is 0 Å². The Morgan fingerprint density at radius 2 is 2.20 bits per heavy atom. The molecule has 82 valence electrons. The Hall–Kier alpha value is -0.670. The lowest BCUT2D eigenvalue weighted by molar-refractivity contribution is 0.431. The lowest BCUT2D eigenvalue weighted by Gasteiger charge is -2.30. The Morgan fingerprint density at radius 1 is 1.47 bits per heavy atom. The molecule has 1 heterocycles. The summed E-state index contributed by atoms with van der Waals surface area (Å²) >= 11 is 0. The Balaban J connectivity index is 2.54. The van der Waals surface area contributed by atoms with E-state index in [0.29, 0.717) is 12.0 Å². The van der Waals surface area contributed by atoms with Gasteiger partial charge < -0.3 is 5.32 Å². The van der Waals surface area contributed by atoms with Gasteiger partial charge in [0.1, 0.15) is 0 Å². The zero-order valence-electron chi connectivity index (χ0n) is 9.41. The van der Waals surface area contributed by atoms with Gasteiger partial charge in [0.25, 0.3) is 0 Å². The number of benzene rings is 1. The van der Waals surface area contributed by atoms with Crippen molar-refractivity contribution in [1.82, 2.24) is 5.32 Å². The van der Waals surface area contributed by atoms with Crippen molar-refractivity contribution in [2.75, 3.05) is 12.8 Å². The highest BCUT2D eigenvalue weighted by Crippen LogP contribution is 2.33. The van der Waals surface area contributed by atoms with Crippen molar-refractivity contribution in [1.29, 1.82) is 0 Å². The molecule has 0 spiro atoms. The first-order valence-corrected chi connectivity index (χ1v) is 6.61. The summed E-state index contributed by atoms with van der Waals surface area (Å²) in [4.78, 5) is 1.01. The number of rotatable bonds is 1. The molecule has 0 saturated carbocycles. The molecule has 0 bridgehead atoms. The van der Waals surface area contributed by atoms with Crippen LogP contribution in [0.25, 0.3) is 0 Å². The van der Waals surface area contributed by atoms with Crippen LogP contribution in [0.5, 0.6) is 0 Å². The summed E-state index contributed by atoms with van der Waals surface area (Å²) in [6, 6.07) is 6.55. The highest BCUT2D eigenvalue weighted by Gasteiger charge is 2.29. The molecule has 1 aliphatic heterocycles. The molecule has 15 heavy (non-hydrogen) atoms. The van der Waals surface area contributed by atoms with Crippen molar-refractivity contribution >= 4 is 10.8 Å².